The van der Waals surface area contributed by atoms with E-state index >= 15 is 0 Å². The number of imidazole rings is 1. The third kappa shape index (κ3) is 1.75. The molecule has 13 heavy (non-hydrogen) atoms. The largest absolute Gasteiger partial charge is 0.369 e. The van der Waals surface area contributed by atoms with Crippen LogP contribution in [0.5, 0.6) is 0 Å². The number of guanidine groups is 1. The quantitative estimate of drug-likeness (QED) is 0.345. The van der Waals surface area contributed by atoms with Crippen LogP contribution in [-0.4, -0.2) is 29.0 Å². The molecule has 0 spiro atoms. The molecule has 2 amide bonds. The van der Waals surface area contributed by atoms with Crippen molar-refractivity contribution in [2.75, 3.05) is 11.9 Å². The van der Waals surface area contributed by atoms with E-state index in [-0.39, 0.29) is 5.96 Å². The van der Waals surface area contributed by atoms with Gasteiger partial charge in [-0.05, 0) is 0 Å². The highest BCUT2D eigenvalue weighted by Gasteiger charge is 2.17. The van der Waals surface area contributed by atoms with Crippen molar-refractivity contribution < 1.29 is 4.79 Å². The third-order valence-electron chi connectivity index (χ3n) is 1.38. The number of amides is 2. The molecule has 0 aliphatic heterocycles. The van der Waals surface area contributed by atoms with Crippen LogP contribution in [0.2, 0.25) is 0 Å². The summed E-state index contributed by atoms with van der Waals surface area (Å²) in [4.78, 5) is 18.5. The van der Waals surface area contributed by atoms with Gasteiger partial charge in [-0.25, -0.2) is 14.7 Å². The van der Waals surface area contributed by atoms with Gasteiger partial charge in [-0.3, -0.25) is 5.41 Å². The molecule has 0 atom stereocenters. The maximum Gasteiger partial charge on any atom is 0.329 e. The molecule has 1 heterocycles. The first-order valence-electron chi connectivity index (χ1n) is 3.51. The number of rotatable bonds is 1. The van der Waals surface area contributed by atoms with Gasteiger partial charge in [-0.2, -0.15) is 0 Å². The van der Waals surface area contributed by atoms with Gasteiger partial charge in [-0.15, -0.1) is 0 Å². The Labute approximate surface area is 74.5 Å². The minimum Gasteiger partial charge on any atom is -0.369 e. The monoisotopic (exact) mass is 182 g/mol. The van der Waals surface area contributed by atoms with Gasteiger partial charge in [0.05, 0.1) is 12.5 Å². The van der Waals surface area contributed by atoms with E-state index < -0.39 is 6.03 Å². The molecule has 0 aromatic carbocycles. The molecule has 70 valence electrons. The molecular weight excluding hydrogens is 172 g/mol. The zero-order valence-corrected chi connectivity index (χ0v) is 7.03. The van der Waals surface area contributed by atoms with E-state index in [1.165, 1.54) is 19.6 Å². The van der Waals surface area contributed by atoms with Crippen LogP contribution in [0.15, 0.2) is 12.5 Å². The Morgan fingerprint density at radius 3 is 2.92 bits per heavy atom. The maximum atomic E-state index is 11.2. The lowest BCUT2D eigenvalue weighted by Gasteiger charge is -2.17. The summed E-state index contributed by atoms with van der Waals surface area (Å²) < 4.78 is 0. The van der Waals surface area contributed by atoms with Gasteiger partial charge in [0.2, 0.25) is 5.96 Å². The van der Waals surface area contributed by atoms with Gasteiger partial charge in [0, 0.05) is 7.05 Å². The molecule has 7 heteroatoms. The molecule has 0 bridgehead atoms. The predicted octanol–water partition coefficient (Wildman–Crippen LogP) is -0.551. The highest BCUT2D eigenvalue weighted by Crippen LogP contribution is 2.06. The number of carbonyl (C=O) groups excluding carboxylic acids is 1. The Balaban J connectivity index is 2.93. The van der Waals surface area contributed by atoms with Gasteiger partial charge in [0.25, 0.3) is 0 Å². The fraction of sp³-hybridized carbons (Fsp3) is 0.167. The fourth-order valence-electron chi connectivity index (χ4n) is 0.831. The van der Waals surface area contributed by atoms with E-state index in [2.05, 4.69) is 15.3 Å². The lowest BCUT2D eigenvalue weighted by atomic mass is 10.6. The first kappa shape index (κ1) is 9.04. The Morgan fingerprint density at radius 1 is 1.85 bits per heavy atom. The molecule has 0 aliphatic rings. The number of carbonyl (C=O) groups is 1. The summed E-state index contributed by atoms with van der Waals surface area (Å²) in [5.41, 5.74) is 5.20. The van der Waals surface area contributed by atoms with Gasteiger partial charge in [-0.1, -0.05) is 0 Å². The molecule has 0 aliphatic carbocycles. The molecule has 0 fully saturated rings. The molecule has 1 aromatic rings. The normalized spacial score (nSPS) is 9.31. The number of aromatic nitrogens is 2. The predicted molar refractivity (Wildman–Crippen MR) is 47.4 cm³/mol. The molecule has 1 aromatic heterocycles. The molecule has 7 nitrogen and oxygen atoms in total. The molecular formula is C6H10N6O. The summed E-state index contributed by atoms with van der Waals surface area (Å²) in [7, 11) is 1.45. The molecule has 0 saturated carbocycles. The first-order chi connectivity index (χ1) is 6.16. The van der Waals surface area contributed by atoms with Crippen molar-refractivity contribution >= 4 is 17.8 Å². The van der Waals surface area contributed by atoms with E-state index in [1.807, 2.05) is 0 Å². The summed E-state index contributed by atoms with van der Waals surface area (Å²) >= 11 is 0. The SMILES string of the molecule is CNC(=O)N(C(=N)N)c1cnc[nH]1. The second-order valence-corrected chi connectivity index (χ2v) is 2.21. The van der Waals surface area contributed by atoms with Gasteiger partial charge >= 0.3 is 6.03 Å². The fourth-order valence-corrected chi connectivity index (χ4v) is 0.831. The smallest absolute Gasteiger partial charge is 0.329 e. The standard InChI is InChI=1S/C6H10N6O/c1-9-6(13)12(5(7)8)4-2-10-3-11-4/h2-3H,1H3,(H3,7,8)(H,9,13)(H,10,11). The van der Waals surface area contributed by atoms with Crippen molar-refractivity contribution in [1.29, 1.82) is 5.41 Å². The summed E-state index contributed by atoms with van der Waals surface area (Å²) in [6.07, 6.45) is 2.80. The second kappa shape index (κ2) is 3.57. The van der Waals surface area contributed by atoms with E-state index in [1.54, 1.807) is 0 Å². The van der Waals surface area contributed by atoms with Crippen LogP contribution in [0, 0.1) is 5.41 Å². The van der Waals surface area contributed by atoms with Crippen LogP contribution >= 0.6 is 0 Å². The Bertz CT molecular complexity index is 305. The van der Waals surface area contributed by atoms with E-state index in [4.69, 9.17) is 11.1 Å². The van der Waals surface area contributed by atoms with Crippen molar-refractivity contribution in [2.24, 2.45) is 5.73 Å². The van der Waals surface area contributed by atoms with Crippen LogP contribution < -0.4 is 16.0 Å². The van der Waals surface area contributed by atoms with Crippen molar-refractivity contribution in [1.82, 2.24) is 15.3 Å². The first-order valence-corrected chi connectivity index (χ1v) is 3.51. The van der Waals surface area contributed by atoms with Crippen molar-refractivity contribution in [3.8, 4) is 0 Å². The number of urea groups is 1. The number of hydrogen-bond donors (Lipinski definition) is 4. The Hall–Kier alpha value is -2.05. The highest BCUT2D eigenvalue weighted by atomic mass is 16.2. The van der Waals surface area contributed by atoms with Crippen LogP contribution in [0.4, 0.5) is 10.6 Å². The zero-order chi connectivity index (χ0) is 9.84. The maximum absolute atomic E-state index is 11.2. The van der Waals surface area contributed by atoms with Crippen molar-refractivity contribution in [3.05, 3.63) is 12.5 Å². The van der Waals surface area contributed by atoms with E-state index in [0.29, 0.717) is 5.82 Å². The molecule has 0 radical (unpaired) electrons. The Morgan fingerprint density at radius 2 is 2.54 bits per heavy atom. The van der Waals surface area contributed by atoms with Crippen molar-refractivity contribution in [2.45, 2.75) is 0 Å². The highest BCUT2D eigenvalue weighted by molar-refractivity contribution is 6.12. The summed E-state index contributed by atoms with van der Waals surface area (Å²) in [5, 5.41) is 9.51. The molecule has 5 N–H and O–H groups in total. The van der Waals surface area contributed by atoms with Crippen molar-refractivity contribution in [3.63, 3.8) is 0 Å². The topological polar surface area (TPSA) is 111 Å². The molecule has 1 rings (SSSR count). The van der Waals surface area contributed by atoms with Gasteiger partial charge in [0.1, 0.15) is 5.82 Å². The summed E-state index contributed by atoms with van der Waals surface area (Å²) in [6.45, 7) is 0. The third-order valence-corrected chi connectivity index (χ3v) is 1.38. The number of anilines is 1. The zero-order valence-electron chi connectivity index (χ0n) is 7.03. The van der Waals surface area contributed by atoms with E-state index in [9.17, 15) is 4.79 Å². The minimum atomic E-state index is -0.489. The van der Waals surface area contributed by atoms with Crippen LogP contribution in [0.1, 0.15) is 0 Å². The lowest BCUT2D eigenvalue weighted by Crippen LogP contribution is -2.46. The summed E-state index contributed by atoms with van der Waals surface area (Å²) in [6, 6.07) is -0.489. The minimum absolute atomic E-state index is 0.354. The second-order valence-electron chi connectivity index (χ2n) is 2.21. The number of hydrogen-bond acceptors (Lipinski definition) is 3. The molecule has 0 saturated heterocycles. The average Bonchev–Trinajstić information content (AvgIpc) is 2.56. The number of nitrogens with zero attached hydrogens (tertiary/aromatic N) is 2. The van der Waals surface area contributed by atoms with Crippen LogP contribution in [-0.2, 0) is 0 Å². The van der Waals surface area contributed by atoms with Gasteiger partial charge < -0.3 is 16.0 Å². The van der Waals surface area contributed by atoms with Crippen LogP contribution in [0.25, 0.3) is 0 Å². The lowest BCUT2D eigenvalue weighted by molar-refractivity contribution is 0.250. The average molecular weight is 182 g/mol. The van der Waals surface area contributed by atoms with Gasteiger partial charge in [0.15, 0.2) is 0 Å². The number of aromatic amines is 1. The summed E-state index contributed by atoms with van der Waals surface area (Å²) in [5.74, 6) is -0.0181. The number of nitrogens with one attached hydrogen (secondary N) is 3. The number of nitrogens with two attached hydrogens (primary N) is 1. The Kier molecular flexibility index (Phi) is 2.48. The van der Waals surface area contributed by atoms with E-state index in [0.717, 1.165) is 4.90 Å². The van der Waals surface area contributed by atoms with Crippen LogP contribution in [0.3, 0.4) is 0 Å². The molecule has 0 unspecified atom stereocenters. The number of H-pyrrole nitrogens is 1.